The molecule has 0 bridgehead atoms. The van der Waals surface area contributed by atoms with Gasteiger partial charge in [0.15, 0.2) is 0 Å². The Kier molecular flexibility index (Phi) is 5.68. The van der Waals surface area contributed by atoms with Gasteiger partial charge in [0, 0.05) is 18.5 Å². The summed E-state index contributed by atoms with van der Waals surface area (Å²) in [6.07, 6.45) is 11.2. The van der Waals surface area contributed by atoms with Gasteiger partial charge in [0.2, 0.25) is 5.91 Å². The van der Waals surface area contributed by atoms with Gasteiger partial charge < -0.3 is 11.1 Å². The van der Waals surface area contributed by atoms with Crippen LogP contribution in [0.4, 0.5) is 0 Å². The molecule has 2 rings (SSSR count). The normalized spacial score (nSPS) is 30.2. The van der Waals surface area contributed by atoms with Crippen molar-refractivity contribution in [1.82, 2.24) is 5.32 Å². The van der Waals surface area contributed by atoms with Crippen molar-refractivity contribution in [2.24, 2.45) is 23.5 Å². The minimum atomic E-state index is 0.134. The Bertz CT molecular complexity index is 286. The van der Waals surface area contributed by atoms with Crippen LogP contribution in [0.1, 0.15) is 64.7 Å². The first-order valence-corrected chi connectivity index (χ1v) is 8.20. The molecule has 2 saturated carbocycles. The third-order valence-corrected chi connectivity index (χ3v) is 5.20. The zero-order valence-corrected chi connectivity index (χ0v) is 12.4. The molecule has 0 heterocycles. The van der Waals surface area contributed by atoms with Crippen LogP contribution in [-0.2, 0) is 4.79 Å². The summed E-state index contributed by atoms with van der Waals surface area (Å²) in [5.74, 6) is 1.74. The molecule has 3 N–H and O–H groups in total. The Hall–Kier alpha value is -0.570. The minimum Gasteiger partial charge on any atom is -0.356 e. The van der Waals surface area contributed by atoms with Gasteiger partial charge in [-0.05, 0) is 37.5 Å². The number of rotatable bonds is 5. The van der Waals surface area contributed by atoms with Crippen molar-refractivity contribution in [2.75, 3.05) is 6.54 Å². The number of hydrogen-bond donors (Lipinski definition) is 2. The van der Waals surface area contributed by atoms with Gasteiger partial charge in [-0.15, -0.1) is 0 Å². The van der Waals surface area contributed by atoms with Crippen LogP contribution in [0, 0.1) is 17.8 Å². The highest BCUT2D eigenvalue weighted by Gasteiger charge is 2.28. The maximum Gasteiger partial charge on any atom is 0.223 e. The molecule has 2 fully saturated rings. The van der Waals surface area contributed by atoms with E-state index in [4.69, 9.17) is 5.73 Å². The number of nitrogens with two attached hydrogens (primary N) is 1. The van der Waals surface area contributed by atoms with Crippen molar-refractivity contribution < 1.29 is 4.79 Å². The lowest BCUT2D eigenvalue weighted by molar-refractivity contribution is -0.126. The molecule has 3 nitrogen and oxygen atoms in total. The summed E-state index contributed by atoms with van der Waals surface area (Å²) in [6.45, 7) is 2.94. The first kappa shape index (κ1) is 14.8. The smallest absolute Gasteiger partial charge is 0.223 e. The van der Waals surface area contributed by atoms with Crippen molar-refractivity contribution in [3.63, 3.8) is 0 Å². The fourth-order valence-corrected chi connectivity index (χ4v) is 3.79. The molecule has 3 heteroatoms. The van der Waals surface area contributed by atoms with Crippen LogP contribution in [-0.4, -0.2) is 18.5 Å². The molecule has 0 aliphatic heterocycles. The van der Waals surface area contributed by atoms with Gasteiger partial charge in [-0.25, -0.2) is 0 Å². The highest BCUT2D eigenvalue weighted by atomic mass is 16.1. The van der Waals surface area contributed by atoms with Gasteiger partial charge in [-0.1, -0.05) is 39.0 Å². The predicted molar refractivity (Wildman–Crippen MR) is 78.7 cm³/mol. The van der Waals surface area contributed by atoms with Crippen molar-refractivity contribution in [2.45, 2.75) is 70.8 Å². The van der Waals surface area contributed by atoms with Crippen molar-refractivity contribution >= 4 is 5.91 Å². The molecule has 3 unspecified atom stereocenters. The highest BCUT2D eigenvalue weighted by Crippen LogP contribution is 2.30. The summed E-state index contributed by atoms with van der Waals surface area (Å²) in [5, 5.41) is 3.14. The number of nitrogens with one attached hydrogen (secondary N) is 1. The molecule has 3 atom stereocenters. The second-order valence-corrected chi connectivity index (χ2v) is 6.71. The van der Waals surface area contributed by atoms with E-state index < -0.39 is 0 Å². The van der Waals surface area contributed by atoms with Gasteiger partial charge in [0.05, 0.1) is 0 Å². The van der Waals surface area contributed by atoms with E-state index in [1.807, 2.05) is 0 Å². The summed E-state index contributed by atoms with van der Waals surface area (Å²) in [5.41, 5.74) is 6.01. The first-order chi connectivity index (χ1) is 9.16. The van der Waals surface area contributed by atoms with Crippen LogP contribution in [0.3, 0.4) is 0 Å². The SMILES string of the molecule is CC(C(=O)NCCC1CCCC1)C1CCCC(N)C1. The zero-order chi connectivity index (χ0) is 13.7. The van der Waals surface area contributed by atoms with E-state index in [2.05, 4.69) is 12.2 Å². The van der Waals surface area contributed by atoms with Gasteiger partial charge in [0.1, 0.15) is 0 Å². The Morgan fingerprint density at radius 2 is 1.95 bits per heavy atom. The van der Waals surface area contributed by atoms with Crippen LogP contribution in [0.5, 0.6) is 0 Å². The van der Waals surface area contributed by atoms with Crippen LogP contribution in [0.15, 0.2) is 0 Å². The predicted octanol–water partition coefficient (Wildman–Crippen LogP) is 2.84. The quantitative estimate of drug-likeness (QED) is 0.804. The number of carbonyl (C=O) groups is 1. The van der Waals surface area contributed by atoms with Crippen LogP contribution in [0.2, 0.25) is 0 Å². The average molecular weight is 266 g/mol. The largest absolute Gasteiger partial charge is 0.356 e. The Morgan fingerprint density at radius 1 is 1.21 bits per heavy atom. The fraction of sp³-hybridized carbons (Fsp3) is 0.938. The number of carbonyl (C=O) groups excluding carboxylic acids is 1. The Morgan fingerprint density at radius 3 is 2.63 bits per heavy atom. The third-order valence-electron chi connectivity index (χ3n) is 5.20. The molecule has 110 valence electrons. The van der Waals surface area contributed by atoms with E-state index in [0.717, 1.165) is 25.3 Å². The lowest BCUT2D eigenvalue weighted by Gasteiger charge is -2.30. The van der Waals surface area contributed by atoms with Crippen molar-refractivity contribution in [3.05, 3.63) is 0 Å². The molecule has 0 radical (unpaired) electrons. The maximum absolute atomic E-state index is 12.2. The van der Waals surface area contributed by atoms with Gasteiger partial charge in [-0.2, -0.15) is 0 Å². The van der Waals surface area contributed by atoms with E-state index in [1.165, 1.54) is 44.9 Å². The van der Waals surface area contributed by atoms with Gasteiger partial charge in [-0.3, -0.25) is 4.79 Å². The van der Waals surface area contributed by atoms with E-state index in [1.54, 1.807) is 0 Å². The molecular weight excluding hydrogens is 236 g/mol. The average Bonchev–Trinajstić information content (AvgIpc) is 2.91. The summed E-state index contributed by atoms with van der Waals surface area (Å²) in [4.78, 5) is 12.2. The van der Waals surface area contributed by atoms with Gasteiger partial charge >= 0.3 is 0 Å². The molecule has 0 aromatic rings. The standard InChI is InChI=1S/C16H30N2O/c1-12(14-7-4-8-15(17)11-14)16(19)18-10-9-13-5-2-3-6-13/h12-15H,2-11,17H2,1H3,(H,18,19). The lowest BCUT2D eigenvalue weighted by atomic mass is 9.78. The van der Waals surface area contributed by atoms with E-state index in [-0.39, 0.29) is 11.8 Å². The Balaban J connectivity index is 1.66. The van der Waals surface area contributed by atoms with Gasteiger partial charge in [0.25, 0.3) is 0 Å². The van der Waals surface area contributed by atoms with Crippen LogP contribution in [0.25, 0.3) is 0 Å². The van der Waals surface area contributed by atoms with E-state index in [9.17, 15) is 4.79 Å². The minimum absolute atomic E-state index is 0.134. The maximum atomic E-state index is 12.2. The summed E-state index contributed by atoms with van der Waals surface area (Å²) >= 11 is 0. The Labute approximate surface area is 117 Å². The van der Waals surface area contributed by atoms with Crippen molar-refractivity contribution in [3.8, 4) is 0 Å². The third kappa shape index (κ3) is 4.48. The first-order valence-electron chi connectivity index (χ1n) is 8.20. The highest BCUT2D eigenvalue weighted by molar-refractivity contribution is 5.78. The molecule has 0 saturated heterocycles. The second-order valence-electron chi connectivity index (χ2n) is 6.71. The molecule has 2 aliphatic rings. The molecular formula is C16H30N2O. The van der Waals surface area contributed by atoms with Crippen molar-refractivity contribution in [1.29, 1.82) is 0 Å². The second kappa shape index (κ2) is 7.28. The topological polar surface area (TPSA) is 55.1 Å². The molecule has 1 amide bonds. The monoisotopic (exact) mass is 266 g/mol. The summed E-state index contributed by atoms with van der Waals surface area (Å²) in [6, 6.07) is 0.312. The van der Waals surface area contributed by atoms with E-state index >= 15 is 0 Å². The molecule has 2 aliphatic carbocycles. The molecule has 0 spiro atoms. The molecule has 0 aromatic carbocycles. The zero-order valence-electron chi connectivity index (χ0n) is 12.4. The van der Waals surface area contributed by atoms with Crippen LogP contribution >= 0.6 is 0 Å². The number of amides is 1. The molecule has 0 aromatic heterocycles. The number of hydrogen-bond acceptors (Lipinski definition) is 2. The lowest BCUT2D eigenvalue weighted by Crippen LogP contribution is -2.38. The fourth-order valence-electron chi connectivity index (χ4n) is 3.79. The summed E-state index contributed by atoms with van der Waals surface area (Å²) in [7, 11) is 0. The molecule has 19 heavy (non-hydrogen) atoms. The summed E-state index contributed by atoms with van der Waals surface area (Å²) < 4.78 is 0. The van der Waals surface area contributed by atoms with Crippen LogP contribution < -0.4 is 11.1 Å². The van der Waals surface area contributed by atoms with E-state index in [0.29, 0.717) is 12.0 Å².